The normalized spacial score (nSPS) is 10.8. The number of rotatable bonds is 6. The quantitative estimate of drug-likeness (QED) is 0.821. The van der Waals surface area contributed by atoms with Crippen LogP contribution in [0.4, 0.5) is 0 Å². The van der Waals surface area contributed by atoms with Gasteiger partial charge in [-0.05, 0) is 43.1 Å². The van der Waals surface area contributed by atoms with Crippen LogP contribution >= 0.6 is 23.3 Å². The lowest BCUT2D eigenvalue weighted by Gasteiger charge is -2.09. The average molecular weight is 279 g/mol. The molecule has 96 valence electrons. The fourth-order valence-corrected chi connectivity index (χ4v) is 3.16. The number of nitrogens with zero attached hydrogens (tertiary/aromatic N) is 2. The van der Waals surface area contributed by atoms with Gasteiger partial charge in [0.2, 0.25) is 0 Å². The van der Waals surface area contributed by atoms with Crippen LogP contribution in [0.25, 0.3) is 0 Å². The SMILES string of the molecule is CCCNCc1cc(C)ccc1Sc1ncns1. The van der Waals surface area contributed by atoms with Gasteiger partial charge in [-0.2, -0.15) is 4.37 Å². The Balaban J connectivity index is 2.12. The highest BCUT2D eigenvalue weighted by Crippen LogP contribution is 2.31. The molecule has 3 nitrogen and oxygen atoms in total. The van der Waals surface area contributed by atoms with Crippen molar-refractivity contribution in [3.05, 3.63) is 35.7 Å². The number of hydrogen-bond donors (Lipinski definition) is 1. The summed E-state index contributed by atoms with van der Waals surface area (Å²) in [5, 5.41) is 3.45. The molecule has 0 fully saturated rings. The fourth-order valence-electron chi connectivity index (χ4n) is 1.65. The van der Waals surface area contributed by atoms with Gasteiger partial charge in [0.25, 0.3) is 0 Å². The van der Waals surface area contributed by atoms with Gasteiger partial charge in [0, 0.05) is 11.4 Å². The van der Waals surface area contributed by atoms with Crippen LogP contribution in [0.15, 0.2) is 33.8 Å². The zero-order valence-electron chi connectivity index (χ0n) is 10.6. The number of aryl methyl sites for hydroxylation is 1. The molecule has 0 aliphatic rings. The van der Waals surface area contributed by atoms with Gasteiger partial charge in [0.05, 0.1) is 0 Å². The first-order chi connectivity index (χ1) is 8.79. The molecule has 0 bridgehead atoms. The van der Waals surface area contributed by atoms with E-state index >= 15 is 0 Å². The molecule has 0 saturated carbocycles. The monoisotopic (exact) mass is 279 g/mol. The van der Waals surface area contributed by atoms with Crippen molar-refractivity contribution in [3.8, 4) is 0 Å². The third-order valence-corrected chi connectivity index (χ3v) is 4.33. The van der Waals surface area contributed by atoms with E-state index in [9.17, 15) is 0 Å². The maximum atomic E-state index is 4.22. The van der Waals surface area contributed by atoms with Crippen molar-refractivity contribution in [2.75, 3.05) is 6.54 Å². The van der Waals surface area contributed by atoms with Gasteiger partial charge in [-0.15, -0.1) is 0 Å². The second-order valence-corrected chi connectivity index (χ2v) is 6.17. The number of nitrogens with one attached hydrogen (secondary N) is 1. The van der Waals surface area contributed by atoms with Crippen molar-refractivity contribution in [1.82, 2.24) is 14.7 Å². The van der Waals surface area contributed by atoms with Crippen molar-refractivity contribution in [1.29, 1.82) is 0 Å². The fraction of sp³-hybridized carbons (Fsp3) is 0.385. The molecule has 2 aromatic rings. The highest BCUT2D eigenvalue weighted by molar-refractivity contribution is 8.01. The molecular formula is C13H17N3S2. The first-order valence-electron chi connectivity index (χ1n) is 6.04. The van der Waals surface area contributed by atoms with Gasteiger partial charge in [0.1, 0.15) is 6.33 Å². The molecule has 5 heteroatoms. The number of hydrogen-bond acceptors (Lipinski definition) is 5. The van der Waals surface area contributed by atoms with E-state index in [4.69, 9.17) is 0 Å². The Bertz CT molecular complexity index is 483. The van der Waals surface area contributed by atoms with Crippen LogP contribution < -0.4 is 5.32 Å². The lowest BCUT2D eigenvalue weighted by atomic mass is 10.1. The van der Waals surface area contributed by atoms with E-state index in [-0.39, 0.29) is 0 Å². The van der Waals surface area contributed by atoms with Crippen molar-refractivity contribution < 1.29 is 0 Å². The first-order valence-corrected chi connectivity index (χ1v) is 7.63. The Morgan fingerprint density at radius 1 is 1.39 bits per heavy atom. The lowest BCUT2D eigenvalue weighted by molar-refractivity contribution is 0.669. The zero-order valence-corrected chi connectivity index (χ0v) is 12.3. The minimum atomic E-state index is 0.913. The molecule has 0 aliphatic heterocycles. The van der Waals surface area contributed by atoms with Crippen LogP contribution in [0.1, 0.15) is 24.5 Å². The Morgan fingerprint density at radius 2 is 2.28 bits per heavy atom. The van der Waals surface area contributed by atoms with Gasteiger partial charge in [-0.25, -0.2) is 4.98 Å². The van der Waals surface area contributed by atoms with Crippen molar-refractivity contribution in [2.24, 2.45) is 0 Å². The van der Waals surface area contributed by atoms with E-state index in [1.54, 1.807) is 18.1 Å². The lowest BCUT2D eigenvalue weighted by Crippen LogP contribution is -2.14. The average Bonchev–Trinajstić information content (AvgIpc) is 2.86. The Labute approximate surface area is 116 Å². The number of benzene rings is 1. The largest absolute Gasteiger partial charge is 0.313 e. The molecule has 0 atom stereocenters. The van der Waals surface area contributed by atoms with Gasteiger partial charge < -0.3 is 5.32 Å². The van der Waals surface area contributed by atoms with E-state index in [0.29, 0.717) is 0 Å². The molecule has 1 heterocycles. The van der Waals surface area contributed by atoms with Crippen LogP contribution in [-0.2, 0) is 6.54 Å². The van der Waals surface area contributed by atoms with Gasteiger partial charge >= 0.3 is 0 Å². The zero-order chi connectivity index (χ0) is 12.8. The molecule has 0 aliphatic carbocycles. The Morgan fingerprint density at radius 3 is 3.00 bits per heavy atom. The number of aromatic nitrogens is 2. The van der Waals surface area contributed by atoms with Crippen LogP contribution in [0.3, 0.4) is 0 Å². The van der Waals surface area contributed by atoms with Crippen LogP contribution in [0, 0.1) is 6.92 Å². The summed E-state index contributed by atoms with van der Waals surface area (Å²) in [6, 6.07) is 6.56. The molecule has 2 rings (SSSR count). The summed E-state index contributed by atoms with van der Waals surface area (Å²) in [7, 11) is 0. The van der Waals surface area contributed by atoms with Crippen LogP contribution in [-0.4, -0.2) is 15.9 Å². The van der Waals surface area contributed by atoms with Crippen LogP contribution in [0.2, 0.25) is 0 Å². The predicted octanol–water partition coefficient (Wildman–Crippen LogP) is 3.50. The minimum absolute atomic E-state index is 0.913. The molecule has 0 radical (unpaired) electrons. The highest BCUT2D eigenvalue weighted by atomic mass is 32.2. The van der Waals surface area contributed by atoms with E-state index in [2.05, 4.69) is 46.7 Å². The maximum Gasteiger partial charge on any atom is 0.174 e. The van der Waals surface area contributed by atoms with Gasteiger partial charge in [-0.3, -0.25) is 0 Å². The van der Waals surface area contributed by atoms with E-state index in [1.807, 2.05) is 0 Å². The van der Waals surface area contributed by atoms with E-state index in [0.717, 1.165) is 23.8 Å². The van der Waals surface area contributed by atoms with Crippen LogP contribution in [0.5, 0.6) is 0 Å². The standard InChI is InChI=1S/C13H17N3S2/c1-3-6-14-8-11-7-10(2)4-5-12(11)17-13-15-9-16-18-13/h4-5,7,9,14H,3,6,8H2,1-2H3. The summed E-state index contributed by atoms with van der Waals surface area (Å²) in [6.07, 6.45) is 2.76. The molecule has 0 amide bonds. The predicted molar refractivity (Wildman–Crippen MR) is 77.2 cm³/mol. The second-order valence-electron chi connectivity index (χ2n) is 4.10. The third-order valence-electron chi connectivity index (χ3n) is 2.50. The molecule has 1 aromatic carbocycles. The van der Waals surface area contributed by atoms with E-state index in [1.165, 1.54) is 27.6 Å². The maximum absolute atomic E-state index is 4.22. The molecule has 1 aromatic heterocycles. The Kier molecular flexibility index (Phi) is 5.16. The molecular weight excluding hydrogens is 262 g/mol. The highest BCUT2D eigenvalue weighted by Gasteiger charge is 2.06. The molecule has 0 saturated heterocycles. The van der Waals surface area contributed by atoms with E-state index < -0.39 is 0 Å². The topological polar surface area (TPSA) is 37.8 Å². The summed E-state index contributed by atoms with van der Waals surface area (Å²) >= 11 is 3.13. The summed E-state index contributed by atoms with van der Waals surface area (Å²) in [6.45, 7) is 6.27. The first kappa shape index (κ1) is 13.5. The third kappa shape index (κ3) is 3.80. The molecule has 0 unspecified atom stereocenters. The minimum Gasteiger partial charge on any atom is -0.313 e. The van der Waals surface area contributed by atoms with Gasteiger partial charge in [-0.1, -0.05) is 36.4 Å². The molecule has 18 heavy (non-hydrogen) atoms. The Hall–Kier alpha value is -0.910. The second kappa shape index (κ2) is 6.87. The molecule has 0 spiro atoms. The van der Waals surface area contributed by atoms with Gasteiger partial charge in [0.15, 0.2) is 4.34 Å². The summed E-state index contributed by atoms with van der Waals surface area (Å²) in [5.74, 6) is 0. The van der Waals surface area contributed by atoms with Crippen molar-refractivity contribution in [3.63, 3.8) is 0 Å². The smallest absolute Gasteiger partial charge is 0.174 e. The summed E-state index contributed by atoms with van der Waals surface area (Å²) in [4.78, 5) is 5.49. The summed E-state index contributed by atoms with van der Waals surface area (Å²) < 4.78 is 5.03. The summed E-state index contributed by atoms with van der Waals surface area (Å²) in [5.41, 5.74) is 2.63. The van der Waals surface area contributed by atoms with Crippen molar-refractivity contribution >= 4 is 23.3 Å². The van der Waals surface area contributed by atoms with Crippen molar-refractivity contribution in [2.45, 2.75) is 36.0 Å². The molecule has 1 N–H and O–H groups in total.